The molecular weight excluding hydrogens is 354 g/mol. The van der Waals surface area contributed by atoms with E-state index < -0.39 is 15.8 Å². The molecule has 0 aliphatic carbocycles. The number of sulfone groups is 1. The van der Waals surface area contributed by atoms with E-state index in [1.165, 1.54) is 13.2 Å². The number of nitrogens with zero attached hydrogens (tertiary/aromatic N) is 1. The zero-order valence-corrected chi connectivity index (χ0v) is 15.5. The minimum Gasteiger partial charge on any atom is -0.408 e. The van der Waals surface area contributed by atoms with E-state index in [1.54, 1.807) is 24.3 Å². The normalized spacial score (nSPS) is 16.7. The number of rotatable bonds is 3. The summed E-state index contributed by atoms with van der Waals surface area (Å²) in [5, 5.41) is 3.80. The molecule has 136 valence electrons. The summed E-state index contributed by atoms with van der Waals surface area (Å²) in [7, 11) is -3.21. The van der Waals surface area contributed by atoms with Crippen LogP contribution in [0.15, 0.2) is 52.5 Å². The van der Waals surface area contributed by atoms with E-state index in [0.29, 0.717) is 11.3 Å². The van der Waals surface area contributed by atoms with Gasteiger partial charge in [0, 0.05) is 13.2 Å². The molecule has 7 heteroatoms. The molecule has 3 rings (SSSR count). The third-order valence-electron chi connectivity index (χ3n) is 4.14. The molecule has 1 aliphatic rings. The van der Waals surface area contributed by atoms with Crippen LogP contribution in [0.5, 0.6) is 0 Å². The zero-order chi connectivity index (χ0) is 18.9. The van der Waals surface area contributed by atoms with Gasteiger partial charge in [0.05, 0.1) is 11.3 Å². The second kappa shape index (κ2) is 6.92. The van der Waals surface area contributed by atoms with E-state index in [1.807, 2.05) is 25.1 Å². The van der Waals surface area contributed by atoms with Gasteiger partial charge < -0.3 is 9.57 Å². The number of hydrogen-bond acceptors (Lipinski definition) is 6. The third-order valence-corrected chi connectivity index (χ3v) is 5.26. The van der Waals surface area contributed by atoms with Crippen LogP contribution in [0.4, 0.5) is 0 Å². The van der Waals surface area contributed by atoms with E-state index in [2.05, 4.69) is 5.16 Å². The first-order valence-electron chi connectivity index (χ1n) is 8.06. The van der Waals surface area contributed by atoms with Crippen molar-refractivity contribution in [1.82, 2.24) is 0 Å². The minimum atomic E-state index is -3.21. The standard InChI is InChI=1S/C19H19NO5S/c1-12-10-15(14-4-7-16(8-5-14)26(3,22)23)6-9-17(12)18-11-19(20-25-18)24-13(2)21/h4-10,18H,11H2,1-3H3. The monoisotopic (exact) mass is 373 g/mol. The first-order valence-corrected chi connectivity index (χ1v) is 9.95. The summed E-state index contributed by atoms with van der Waals surface area (Å²) in [6.45, 7) is 3.29. The van der Waals surface area contributed by atoms with Crippen molar-refractivity contribution >= 4 is 21.7 Å². The van der Waals surface area contributed by atoms with Crippen LogP contribution in [0.25, 0.3) is 11.1 Å². The van der Waals surface area contributed by atoms with Crippen molar-refractivity contribution in [2.45, 2.75) is 31.3 Å². The molecule has 2 aromatic rings. The summed E-state index contributed by atoms with van der Waals surface area (Å²) in [4.78, 5) is 16.7. The number of aryl methyl sites for hydroxylation is 1. The molecule has 1 aliphatic heterocycles. The molecule has 1 heterocycles. The van der Waals surface area contributed by atoms with Crippen molar-refractivity contribution in [3.8, 4) is 11.1 Å². The predicted molar refractivity (Wildman–Crippen MR) is 97.4 cm³/mol. The van der Waals surface area contributed by atoms with Gasteiger partial charge in [-0.1, -0.05) is 35.5 Å². The summed E-state index contributed by atoms with van der Waals surface area (Å²) < 4.78 is 28.1. The Hall–Kier alpha value is -2.67. The fourth-order valence-corrected chi connectivity index (χ4v) is 3.49. The quantitative estimate of drug-likeness (QED) is 0.770. The lowest BCUT2D eigenvalue weighted by molar-refractivity contribution is -0.133. The van der Waals surface area contributed by atoms with Gasteiger partial charge in [0.2, 0.25) is 5.90 Å². The van der Waals surface area contributed by atoms with E-state index in [9.17, 15) is 13.2 Å². The van der Waals surface area contributed by atoms with Gasteiger partial charge in [-0.15, -0.1) is 0 Å². The molecule has 1 unspecified atom stereocenters. The van der Waals surface area contributed by atoms with Crippen molar-refractivity contribution in [1.29, 1.82) is 0 Å². The number of benzene rings is 2. The molecule has 26 heavy (non-hydrogen) atoms. The van der Waals surface area contributed by atoms with Crippen molar-refractivity contribution in [3.05, 3.63) is 53.6 Å². The van der Waals surface area contributed by atoms with E-state index in [-0.39, 0.29) is 12.0 Å². The Morgan fingerprint density at radius 3 is 2.38 bits per heavy atom. The highest BCUT2D eigenvalue weighted by molar-refractivity contribution is 7.90. The van der Waals surface area contributed by atoms with Gasteiger partial charge in [-0.25, -0.2) is 8.42 Å². The number of carbonyl (C=O) groups is 1. The second-order valence-corrected chi connectivity index (χ2v) is 8.26. The maximum atomic E-state index is 11.6. The zero-order valence-electron chi connectivity index (χ0n) is 14.7. The van der Waals surface area contributed by atoms with Crippen molar-refractivity contribution in [2.75, 3.05) is 6.26 Å². The van der Waals surface area contributed by atoms with Gasteiger partial charge in [0.15, 0.2) is 15.9 Å². The third kappa shape index (κ3) is 3.94. The van der Waals surface area contributed by atoms with Crippen LogP contribution in [-0.2, 0) is 24.2 Å². The number of oxime groups is 1. The second-order valence-electron chi connectivity index (χ2n) is 6.24. The largest absolute Gasteiger partial charge is 0.408 e. The Morgan fingerprint density at radius 2 is 1.81 bits per heavy atom. The van der Waals surface area contributed by atoms with Gasteiger partial charge >= 0.3 is 5.97 Å². The first kappa shape index (κ1) is 18.1. The Morgan fingerprint density at radius 1 is 1.15 bits per heavy atom. The van der Waals surface area contributed by atoms with Crippen LogP contribution >= 0.6 is 0 Å². The van der Waals surface area contributed by atoms with Crippen molar-refractivity contribution in [2.24, 2.45) is 5.16 Å². The molecule has 0 radical (unpaired) electrons. The fraction of sp³-hybridized carbons (Fsp3) is 0.263. The number of esters is 1. The lowest BCUT2D eigenvalue weighted by Gasteiger charge is -2.13. The Kier molecular flexibility index (Phi) is 4.82. The molecule has 0 bridgehead atoms. The maximum Gasteiger partial charge on any atom is 0.309 e. The predicted octanol–water partition coefficient (Wildman–Crippen LogP) is 3.40. The Bertz CT molecular complexity index is 977. The molecule has 0 saturated carbocycles. The van der Waals surface area contributed by atoms with Crippen LogP contribution < -0.4 is 0 Å². The molecule has 0 fully saturated rings. The van der Waals surface area contributed by atoms with Gasteiger partial charge in [0.25, 0.3) is 0 Å². The molecule has 6 nitrogen and oxygen atoms in total. The van der Waals surface area contributed by atoms with Gasteiger partial charge in [-0.05, 0) is 41.3 Å². The first-order chi connectivity index (χ1) is 12.2. The molecule has 0 N–H and O–H groups in total. The average Bonchev–Trinajstić information content (AvgIpc) is 3.01. The van der Waals surface area contributed by atoms with Crippen LogP contribution in [0.3, 0.4) is 0 Å². The van der Waals surface area contributed by atoms with E-state index in [4.69, 9.17) is 9.57 Å². The van der Waals surface area contributed by atoms with Crippen LogP contribution in [0.1, 0.15) is 30.6 Å². The highest BCUT2D eigenvalue weighted by Crippen LogP contribution is 2.32. The van der Waals surface area contributed by atoms with Gasteiger partial charge in [0.1, 0.15) is 0 Å². The Balaban J connectivity index is 1.79. The number of ether oxygens (including phenoxy) is 1. The summed E-state index contributed by atoms with van der Waals surface area (Å²) in [5.41, 5.74) is 3.88. The lowest BCUT2D eigenvalue weighted by atomic mass is 9.96. The molecular formula is C19H19NO5S. The highest BCUT2D eigenvalue weighted by atomic mass is 32.2. The van der Waals surface area contributed by atoms with Crippen molar-refractivity contribution < 1.29 is 22.8 Å². The average molecular weight is 373 g/mol. The van der Waals surface area contributed by atoms with Gasteiger partial charge in [-0.2, -0.15) is 0 Å². The topological polar surface area (TPSA) is 82.0 Å². The molecule has 2 aromatic carbocycles. The number of carbonyl (C=O) groups excluding carboxylic acids is 1. The SMILES string of the molecule is CC(=O)OC1=NOC(c2ccc(-c3ccc(S(C)(=O)=O)cc3)cc2C)C1. The van der Waals surface area contributed by atoms with Crippen LogP contribution in [0, 0.1) is 6.92 Å². The Labute approximate surface area is 152 Å². The molecule has 0 amide bonds. The summed E-state index contributed by atoms with van der Waals surface area (Å²) >= 11 is 0. The summed E-state index contributed by atoms with van der Waals surface area (Å²) in [6.07, 6.45) is 1.31. The number of hydrogen-bond donors (Lipinski definition) is 0. The van der Waals surface area contributed by atoms with E-state index >= 15 is 0 Å². The minimum absolute atomic E-state index is 0.280. The molecule has 0 saturated heterocycles. The maximum absolute atomic E-state index is 11.6. The lowest BCUT2D eigenvalue weighted by Crippen LogP contribution is -2.08. The fourth-order valence-electron chi connectivity index (χ4n) is 2.86. The highest BCUT2D eigenvalue weighted by Gasteiger charge is 2.26. The molecule has 1 atom stereocenters. The summed E-state index contributed by atoms with van der Waals surface area (Å²) in [5.74, 6) is -0.139. The van der Waals surface area contributed by atoms with Crippen molar-refractivity contribution in [3.63, 3.8) is 0 Å². The molecule has 0 spiro atoms. The van der Waals surface area contributed by atoms with Crippen LogP contribution in [-0.4, -0.2) is 26.5 Å². The summed E-state index contributed by atoms with van der Waals surface area (Å²) in [6, 6.07) is 12.7. The van der Waals surface area contributed by atoms with Crippen LogP contribution in [0.2, 0.25) is 0 Å². The van der Waals surface area contributed by atoms with Gasteiger partial charge in [-0.3, -0.25) is 4.79 Å². The molecule has 0 aromatic heterocycles. The van der Waals surface area contributed by atoms with E-state index in [0.717, 1.165) is 22.3 Å². The smallest absolute Gasteiger partial charge is 0.309 e.